The third-order valence-corrected chi connectivity index (χ3v) is 3.44. The summed E-state index contributed by atoms with van der Waals surface area (Å²) in [5.74, 6) is 0. The molecule has 7 heteroatoms. The SMILES string of the molecule is Nc1ccnc2c1ccn2[C@H]1O[C@@H](CO)[C@H](O)[C@@H]1O. The van der Waals surface area contributed by atoms with Gasteiger partial charge in [-0.2, -0.15) is 0 Å². The first-order valence-electron chi connectivity index (χ1n) is 5.97. The summed E-state index contributed by atoms with van der Waals surface area (Å²) in [6, 6.07) is 3.45. The lowest BCUT2D eigenvalue weighted by Crippen LogP contribution is -2.33. The van der Waals surface area contributed by atoms with Crippen molar-refractivity contribution in [2.45, 2.75) is 24.5 Å². The molecule has 5 N–H and O–H groups in total. The van der Waals surface area contributed by atoms with Gasteiger partial charge in [0.15, 0.2) is 6.23 Å². The Morgan fingerprint density at radius 1 is 1.32 bits per heavy atom. The molecule has 2 aromatic rings. The van der Waals surface area contributed by atoms with Gasteiger partial charge in [-0.25, -0.2) is 4.98 Å². The van der Waals surface area contributed by atoms with Gasteiger partial charge in [-0.1, -0.05) is 0 Å². The molecule has 0 saturated carbocycles. The molecule has 4 atom stereocenters. The quantitative estimate of drug-likeness (QED) is 0.567. The van der Waals surface area contributed by atoms with Gasteiger partial charge in [-0.15, -0.1) is 0 Å². The third-order valence-electron chi connectivity index (χ3n) is 3.44. The molecule has 1 aliphatic rings. The van der Waals surface area contributed by atoms with E-state index in [4.69, 9.17) is 15.6 Å². The van der Waals surface area contributed by atoms with E-state index in [9.17, 15) is 10.2 Å². The first-order chi connectivity index (χ1) is 9.13. The second kappa shape index (κ2) is 4.46. The maximum Gasteiger partial charge on any atom is 0.164 e. The summed E-state index contributed by atoms with van der Waals surface area (Å²) in [5, 5.41) is 29.6. The van der Waals surface area contributed by atoms with E-state index in [-0.39, 0.29) is 6.61 Å². The van der Waals surface area contributed by atoms with Gasteiger partial charge < -0.3 is 30.4 Å². The van der Waals surface area contributed by atoms with E-state index in [0.29, 0.717) is 11.3 Å². The molecule has 0 amide bonds. The molecular weight excluding hydrogens is 250 g/mol. The molecule has 0 spiro atoms. The Hall–Kier alpha value is -1.67. The van der Waals surface area contributed by atoms with Crippen molar-refractivity contribution in [1.82, 2.24) is 9.55 Å². The van der Waals surface area contributed by atoms with Crippen LogP contribution in [-0.2, 0) is 4.74 Å². The highest BCUT2D eigenvalue weighted by Crippen LogP contribution is 2.32. The standard InChI is InChI=1S/C12H15N3O4/c13-7-1-3-14-11-6(7)2-4-15(11)12-10(18)9(17)8(5-16)19-12/h1-4,8-10,12,16-18H,5H2,(H2,13,14)/t8-,9-,10-,12-/m0/s1. The van der Waals surface area contributed by atoms with Crippen LogP contribution < -0.4 is 5.73 Å². The smallest absolute Gasteiger partial charge is 0.164 e. The van der Waals surface area contributed by atoms with E-state index >= 15 is 0 Å². The number of nitrogens with two attached hydrogens (primary N) is 1. The molecule has 19 heavy (non-hydrogen) atoms. The summed E-state index contributed by atoms with van der Waals surface area (Å²) in [6.45, 7) is -0.358. The van der Waals surface area contributed by atoms with Crippen molar-refractivity contribution in [3.8, 4) is 0 Å². The van der Waals surface area contributed by atoms with Crippen molar-refractivity contribution < 1.29 is 20.1 Å². The van der Waals surface area contributed by atoms with E-state index in [2.05, 4.69) is 4.98 Å². The molecule has 0 aliphatic carbocycles. The van der Waals surface area contributed by atoms with E-state index in [0.717, 1.165) is 5.39 Å². The topological polar surface area (TPSA) is 114 Å². The molecule has 1 aliphatic heterocycles. The number of hydrogen-bond acceptors (Lipinski definition) is 6. The van der Waals surface area contributed by atoms with Crippen LogP contribution >= 0.6 is 0 Å². The number of aliphatic hydroxyl groups is 3. The summed E-state index contributed by atoms with van der Waals surface area (Å²) in [4.78, 5) is 4.20. The Bertz CT molecular complexity index is 600. The summed E-state index contributed by atoms with van der Waals surface area (Å²) < 4.78 is 7.07. The molecule has 1 saturated heterocycles. The van der Waals surface area contributed by atoms with Crippen molar-refractivity contribution in [3.63, 3.8) is 0 Å². The number of nitrogen functional groups attached to an aromatic ring is 1. The van der Waals surface area contributed by atoms with Crippen LogP contribution in [0.1, 0.15) is 6.23 Å². The Balaban J connectivity index is 2.04. The molecule has 7 nitrogen and oxygen atoms in total. The van der Waals surface area contributed by atoms with Crippen LogP contribution in [0.15, 0.2) is 24.5 Å². The average Bonchev–Trinajstić information content (AvgIpc) is 2.94. The fraction of sp³-hybridized carbons (Fsp3) is 0.417. The van der Waals surface area contributed by atoms with E-state index in [1.54, 1.807) is 29.1 Å². The van der Waals surface area contributed by atoms with Gasteiger partial charge in [0.05, 0.1) is 6.61 Å². The predicted molar refractivity (Wildman–Crippen MR) is 67.2 cm³/mol. The largest absolute Gasteiger partial charge is 0.398 e. The van der Waals surface area contributed by atoms with Crippen molar-refractivity contribution in [2.24, 2.45) is 0 Å². The first-order valence-corrected chi connectivity index (χ1v) is 5.97. The number of pyridine rings is 1. The minimum Gasteiger partial charge on any atom is -0.398 e. The average molecular weight is 265 g/mol. The maximum atomic E-state index is 9.99. The van der Waals surface area contributed by atoms with Crippen LogP contribution in [0.3, 0.4) is 0 Å². The Morgan fingerprint density at radius 3 is 2.79 bits per heavy atom. The molecule has 3 rings (SSSR count). The van der Waals surface area contributed by atoms with Crippen LogP contribution in [0.25, 0.3) is 11.0 Å². The third kappa shape index (κ3) is 1.79. The van der Waals surface area contributed by atoms with Crippen LogP contribution in [0.5, 0.6) is 0 Å². The zero-order valence-corrected chi connectivity index (χ0v) is 10.0. The molecule has 102 valence electrons. The summed E-state index contributed by atoms with van der Waals surface area (Å²) in [5.41, 5.74) is 6.98. The van der Waals surface area contributed by atoms with Crippen molar-refractivity contribution in [2.75, 3.05) is 12.3 Å². The van der Waals surface area contributed by atoms with Crippen LogP contribution in [-0.4, -0.2) is 49.8 Å². The number of hydrogen-bond donors (Lipinski definition) is 4. The minimum atomic E-state index is -1.13. The van der Waals surface area contributed by atoms with E-state index < -0.39 is 24.5 Å². The molecule has 0 aromatic carbocycles. The molecule has 0 bridgehead atoms. The lowest BCUT2D eigenvalue weighted by Gasteiger charge is -2.17. The number of rotatable bonds is 2. The van der Waals surface area contributed by atoms with Gasteiger partial charge in [0.2, 0.25) is 0 Å². The van der Waals surface area contributed by atoms with Gasteiger partial charge >= 0.3 is 0 Å². The zero-order chi connectivity index (χ0) is 13.6. The molecule has 1 fully saturated rings. The van der Waals surface area contributed by atoms with Crippen LogP contribution in [0, 0.1) is 0 Å². The molecule has 3 heterocycles. The molecule has 0 radical (unpaired) electrons. The summed E-state index contributed by atoms with van der Waals surface area (Å²) in [7, 11) is 0. The molecule has 2 aromatic heterocycles. The fourth-order valence-corrected chi connectivity index (χ4v) is 2.39. The fourth-order valence-electron chi connectivity index (χ4n) is 2.39. The second-order valence-corrected chi connectivity index (χ2v) is 4.59. The lowest BCUT2D eigenvalue weighted by atomic mass is 10.1. The van der Waals surface area contributed by atoms with Crippen LogP contribution in [0.2, 0.25) is 0 Å². The highest BCUT2D eigenvalue weighted by Gasteiger charge is 2.43. The van der Waals surface area contributed by atoms with Crippen LogP contribution in [0.4, 0.5) is 5.69 Å². The van der Waals surface area contributed by atoms with E-state index in [1.807, 2.05) is 0 Å². The Morgan fingerprint density at radius 2 is 2.11 bits per heavy atom. The van der Waals surface area contributed by atoms with Gasteiger partial charge in [-0.05, 0) is 12.1 Å². The second-order valence-electron chi connectivity index (χ2n) is 4.59. The molecule has 0 unspecified atom stereocenters. The number of anilines is 1. The first kappa shape index (κ1) is 12.4. The monoisotopic (exact) mass is 265 g/mol. The number of ether oxygens (including phenoxy) is 1. The van der Waals surface area contributed by atoms with Crippen molar-refractivity contribution >= 4 is 16.7 Å². The van der Waals surface area contributed by atoms with Crippen molar-refractivity contribution in [1.29, 1.82) is 0 Å². The minimum absolute atomic E-state index is 0.358. The summed E-state index contributed by atoms with van der Waals surface area (Å²) in [6.07, 6.45) is -0.605. The Labute approximate surface area is 108 Å². The van der Waals surface area contributed by atoms with Gasteiger partial charge in [0, 0.05) is 23.5 Å². The van der Waals surface area contributed by atoms with Gasteiger partial charge in [0.1, 0.15) is 24.0 Å². The number of nitrogens with zero attached hydrogens (tertiary/aromatic N) is 2. The zero-order valence-electron chi connectivity index (χ0n) is 10.0. The number of aliphatic hydroxyl groups excluding tert-OH is 3. The highest BCUT2D eigenvalue weighted by molar-refractivity contribution is 5.88. The molecular formula is C12H15N3O4. The van der Waals surface area contributed by atoms with Gasteiger partial charge in [0.25, 0.3) is 0 Å². The number of fused-ring (bicyclic) bond motifs is 1. The van der Waals surface area contributed by atoms with Crippen molar-refractivity contribution in [3.05, 3.63) is 24.5 Å². The van der Waals surface area contributed by atoms with E-state index in [1.165, 1.54) is 0 Å². The normalized spacial score (nSPS) is 31.1. The predicted octanol–water partition coefficient (Wildman–Crippen LogP) is -0.770. The summed E-state index contributed by atoms with van der Waals surface area (Å²) >= 11 is 0. The maximum absolute atomic E-state index is 9.99. The Kier molecular flexibility index (Phi) is 2.90. The lowest BCUT2D eigenvalue weighted by molar-refractivity contribution is -0.0508. The number of aromatic nitrogens is 2. The van der Waals surface area contributed by atoms with Gasteiger partial charge in [-0.3, -0.25) is 0 Å². The highest BCUT2D eigenvalue weighted by atomic mass is 16.6.